The van der Waals surface area contributed by atoms with Gasteiger partial charge in [-0.05, 0) is 30.5 Å². The first kappa shape index (κ1) is 20.8. The Balaban J connectivity index is 1.19. The molecule has 1 aromatic heterocycles. The summed E-state index contributed by atoms with van der Waals surface area (Å²) in [6, 6.07) is 17.6. The number of likely N-dealkylation sites (tertiary alicyclic amines) is 1. The van der Waals surface area contributed by atoms with Gasteiger partial charge in [-0.25, -0.2) is 4.68 Å². The van der Waals surface area contributed by atoms with E-state index in [1.807, 2.05) is 12.1 Å². The third kappa shape index (κ3) is 4.43. The van der Waals surface area contributed by atoms with Gasteiger partial charge in [-0.3, -0.25) is 14.5 Å². The summed E-state index contributed by atoms with van der Waals surface area (Å²) in [5.74, 6) is 0.488. The Labute approximate surface area is 187 Å². The molecule has 2 atom stereocenters. The highest BCUT2D eigenvalue weighted by Gasteiger charge is 2.41. The number of hydrogen-bond donors (Lipinski definition) is 0. The first-order valence-electron chi connectivity index (χ1n) is 11.5. The van der Waals surface area contributed by atoms with Gasteiger partial charge in [0.05, 0.1) is 18.4 Å². The summed E-state index contributed by atoms with van der Waals surface area (Å²) < 4.78 is 7.23. The highest BCUT2D eigenvalue weighted by atomic mass is 16.5. The first-order chi connectivity index (χ1) is 15.7. The number of carbonyl (C=O) groups excluding carboxylic acids is 1. The molecule has 2 aliphatic rings. The van der Waals surface area contributed by atoms with Gasteiger partial charge in [-0.15, -0.1) is 5.10 Å². The minimum atomic E-state index is -0.259. The Kier molecular flexibility index (Phi) is 5.99. The van der Waals surface area contributed by atoms with Gasteiger partial charge >= 0.3 is 5.97 Å². The van der Waals surface area contributed by atoms with E-state index in [2.05, 4.69) is 39.5 Å². The Morgan fingerprint density at radius 1 is 1.00 bits per heavy atom. The van der Waals surface area contributed by atoms with Gasteiger partial charge in [0.1, 0.15) is 11.6 Å². The molecule has 1 saturated heterocycles. The summed E-state index contributed by atoms with van der Waals surface area (Å²) in [4.78, 5) is 27.7. The van der Waals surface area contributed by atoms with Crippen LogP contribution < -0.4 is 5.56 Å². The number of rotatable bonds is 6. The summed E-state index contributed by atoms with van der Waals surface area (Å²) in [6.45, 7) is 3.04. The predicted octanol–water partition coefficient (Wildman–Crippen LogP) is 3.03. The summed E-state index contributed by atoms with van der Waals surface area (Å²) in [5.41, 5.74) is 1.66. The molecule has 2 bridgehead atoms. The molecule has 1 saturated carbocycles. The van der Waals surface area contributed by atoms with Gasteiger partial charge < -0.3 is 4.74 Å². The summed E-state index contributed by atoms with van der Waals surface area (Å²) in [6.07, 6.45) is 3.48. The van der Waals surface area contributed by atoms with Crippen LogP contribution in [-0.2, 0) is 22.6 Å². The lowest BCUT2D eigenvalue weighted by Gasteiger charge is -2.46. The van der Waals surface area contributed by atoms with E-state index in [9.17, 15) is 9.59 Å². The fourth-order valence-electron chi connectivity index (χ4n) is 5.22. The van der Waals surface area contributed by atoms with Crippen molar-refractivity contribution >= 4 is 16.9 Å². The van der Waals surface area contributed by atoms with Crippen LogP contribution in [0.1, 0.15) is 31.2 Å². The molecule has 0 radical (unpaired) electrons. The lowest BCUT2D eigenvalue weighted by atomic mass is 9.75. The number of fused-ring (bicyclic) bond motifs is 3. The average Bonchev–Trinajstić information content (AvgIpc) is 2.80. The van der Waals surface area contributed by atoms with Gasteiger partial charge in [0.25, 0.3) is 5.56 Å². The molecule has 1 aliphatic heterocycles. The van der Waals surface area contributed by atoms with Crippen molar-refractivity contribution < 1.29 is 9.53 Å². The van der Waals surface area contributed by atoms with Crippen molar-refractivity contribution in [2.45, 2.75) is 44.9 Å². The summed E-state index contributed by atoms with van der Waals surface area (Å²) in [7, 11) is 0. The molecule has 0 spiro atoms. The number of benzene rings is 2. The highest BCUT2D eigenvalue weighted by Crippen LogP contribution is 2.37. The molecule has 1 aliphatic carbocycles. The minimum Gasteiger partial charge on any atom is -0.462 e. The highest BCUT2D eigenvalue weighted by molar-refractivity contribution is 5.76. The molecule has 7 heteroatoms. The monoisotopic (exact) mass is 432 g/mol. The Bertz CT molecular complexity index is 1130. The van der Waals surface area contributed by atoms with Crippen molar-refractivity contribution in [2.24, 2.45) is 11.8 Å². The van der Waals surface area contributed by atoms with Crippen LogP contribution in [0.2, 0.25) is 0 Å². The molecule has 2 aromatic carbocycles. The van der Waals surface area contributed by atoms with Crippen LogP contribution in [-0.4, -0.2) is 45.1 Å². The number of piperidine rings is 1. The standard InChI is InChI=1S/C25H28N4O3/c30-23(13-14-29-25(31)21-11-4-5-12-22(21)26-27-29)32-24-19-9-6-10-20(24)17-28(16-19)15-18-7-2-1-3-8-18/h1-5,7-8,11-12,19-20,24H,6,9-10,13-17H2. The fraction of sp³-hybridized carbons (Fsp3) is 0.440. The second-order valence-electron chi connectivity index (χ2n) is 8.97. The third-order valence-corrected chi connectivity index (χ3v) is 6.74. The van der Waals surface area contributed by atoms with E-state index in [0.717, 1.165) is 32.5 Å². The maximum atomic E-state index is 12.7. The van der Waals surface area contributed by atoms with Crippen molar-refractivity contribution in [1.82, 2.24) is 19.9 Å². The number of aromatic nitrogens is 3. The normalized spacial score (nSPS) is 23.2. The van der Waals surface area contributed by atoms with Crippen molar-refractivity contribution in [3.63, 3.8) is 0 Å². The van der Waals surface area contributed by atoms with E-state index < -0.39 is 0 Å². The van der Waals surface area contributed by atoms with Crippen LogP contribution in [0.25, 0.3) is 10.9 Å². The molecular formula is C25H28N4O3. The first-order valence-corrected chi connectivity index (χ1v) is 11.5. The number of aryl methyl sites for hydroxylation is 1. The second-order valence-corrected chi connectivity index (χ2v) is 8.97. The maximum Gasteiger partial charge on any atom is 0.307 e. The quantitative estimate of drug-likeness (QED) is 0.557. The number of ether oxygens (including phenoxy) is 1. The zero-order valence-electron chi connectivity index (χ0n) is 18.1. The van der Waals surface area contributed by atoms with Crippen LogP contribution >= 0.6 is 0 Å². The number of hydrogen-bond acceptors (Lipinski definition) is 6. The van der Waals surface area contributed by atoms with Gasteiger partial charge in [0.15, 0.2) is 0 Å². The van der Waals surface area contributed by atoms with E-state index in [0.29, 0.717) is 22.7 Å². The maximum absolute atomic E-state index is 12.7. The lowest BCUT2D eigenvalue weighted by molar-refractivity contribution is -0.164. The zero-order chi connectivity index (χ0) is 21.9. The number of esters is 1. The van der Waals surface area contributed by atoms with Gasteiger partial charge in [-0.1, -0.05) is 54.1 Å². The topological polar surface area (TPSA) is 77.3 Å². The van der Waals surface area contributed by atoms with Crippen molar-refractivity contribution in [3.8, 4) is 0 Å². The number of nitrogens with zero attached hydrogens (tertiary/aromatic N) is 4. The van der Waals surface area contributed by atoms with Crippen LogP contribution in [0.5, 0.6) is 0 Å². The lowest BCUT2D eigenvalue weighted by Crippen LogP contribution is -2.52. The third-order valence-electron chi connectivity index (χ3n) is 6.74. The molecule has 0 N–H and O–H groups in total. The van der Waals surface area contributed by atoms with Crippen LogP contribution in [0.15, 0.2) is 59.4 Å². The molecular weight excluding hydrogens is 404 g/mol. The van der Waals surface area contributed by atoms with Crippen LogP contribution in [0.4, 0.5) is 0 Å². The van der Waals surface area contributed by atoms with Crippen LogP contribution in [0.3, 0.4) is 0 Å². The molecule has 0 amide bonds. The summed E-state index contributed by atoms with van der Waals surface area (Å²) in [5, 5.41) is 8.56. The van der Waals surface area contributed by atoms with E-state index in [1.165, 1.54) is 16.7 Å². The van der Waals surface area contributed by atoms with Crippen LogP contribution in [0, 0.1) is 11.8 Å². The number of carbonyl (C=O) groups is 1. The second kappa shape index (κ2) is 9.20. The molecule has 3 aromatic rings. The molecule has 2 fully saturated rings. The van der Waals surface area contributed by atoms with E-state index in [-0.39, 0.29) is 30.6 Å². The van der Waals surface area contributed by atoms with Gasteiger partial charge in [0.2, 0.25) is 0 Å². The minimum absolute atomic E-state index is 0.0253. The van der Waals surface area contributed by atoms with E-state index in [1.54, 1.807) is 18.2 Å². The van der Waals surface area contributed by atoms with Gasteiger partial charge in [-0.2, -0.15) is 0 Å². The molecule has 166 valence electrons. The largest absolute Gasteiger partial charge is 0.462 e. The molecule has 7 nitrogen and oxygen atoms in total. The Hall–Kier alpha value is -3.06. The van der Waals surface area contributed by atoms with Crippen molar-refractivity contribution in [2.75, 3.05) is 13.1 Å². The molecule has 32 heavy (non-hydrogen) atoms. The molecule has 2 heterocycles. The van der Waals surface area contributed by atoms with Gasteiger partial charge in [0, 0.05) is 31.5 Å². The van der Waals surface area contributed by atoms with Crippen molar-refractivity contribution in [3.05, 3.63) is 70.5 Å². The molecule has 5 rings (SSSR count). The Morgan fingerprint density at radius 2 is 1.72 bits per heavy atom. The average molecular weight is 433 g/mol. The zero-order valence-corrected chi connectivity index (χ0v) is 18.1. The smallest absolute Gasteiger partial charge is 0.307 e. The predicted molar refractivity (Wildman–Crippen MR) is 121 cm³/mol. The summed E-state index contributed by atoms with van der Waals surface area (Å²) >= 11 is 0. The van der Waals surface area contributed by atoms with Crippen molar-refractivity contribution in [1.29, 1.82) is 0 Å². The molecule has 2 unspecified atom stereocenters. The van der Waals surface area contributed by atoms with E-state index in [4.69, 9.17) is 4.74 Å². The fourth-order valence-corrected chi connectivity index (χ4v) is 5.22. The Morgan fingerprint density at radius 3 is 2.50 bits per heavy atom. The SMILES string of the molecule is O=C(CCn1nnc2ccccc2c1=O)OC1C2CCCC1CN(Cc1ccccc1)C2. The van der Waals surface area contributed by atoms with E-state index >= 15 is 0 Å².